The zero-order chi connectivity index (χ0) is 48.1. The smallest absolute Gasteiger partial charge is 0.340 e. The van der Waals surface area contributed by atoms with Gasteiger partial charge in [0.2, 0.25) is 0 Å². The molecule has 0 radical (unpaired) electrons. The highest BCUT2D eigenvalue weighted by molar-refractivity contribution is 7.99. The standard InChI is InChI=1S/C24H16ClF3N2O4S.C24H16ClF3N2O2S/c25-19-12-17(6-7-18(19)20-13-23(31)34-29-20)30-9-10-35(32,33)22-11-15(3-8-21(22)30)14-1-4-16(5-2-14)24(26,27)28;25-19-12-17(6-7-18(19)20-13-23(31)32-29-20)30-9-10-33-22-11-15(3-8-21(22)30)14-1-4-16(5-2-14)24(26,27)28/h1-8,11-12H,9-10,13H2;1-8,11-12H,9-10,13H2. The third kappa shape index (κ3) is 9.68. The molecule has 0 saturated heterocycles. The number of thioether (sulfide) groups is 1. The van der Waals surface area contributed by atoms with Gasteiger partial charge in [-0.2, -0.15) is 26.3 Å². The molecule has 4 aliphatic heterocycles. The lowest BCUT2D eigenvalue weighted by molar-refractivity contribution is -0.140. The molecule has 0 aromatic heterocycles. The van der Waals surface area contributed by atoms with E-state index in [2.05, 4.69) is 24.9 Å². The van der Waals surface area contributed by atoms with Gasteiger partial charge in [0.1, 0.15) is 11.4 Å². The Morgan fingerprint density at radius 3 is 1.47 bits per heavy atom. The second kappa shape index (κ2) is 18.3. The number of carbonyl (C=O) groups is 2. The number of rotatable bonds is 6. The van der Waals surface area contributed by atoms with Crippen LogP contribution in [0.25, 0.3) is 22.3 Å². The number of alkyl halides is 6. The fraction of sp³-hybridized carbons (Fsp3) is 0.167. The van der Waals surface area contributed by atoms with Gasteiger partial charge in [0, 0.05) is 46.2 Å². The molecule has 6 aromatic rings. The first-order chi connectivity index (χ1) is 32.3. The Morgan fingerprint density at radius 2 is 1.01 bits per heavy atom. The van der Waals surface area contributed by atoms with Crippen molar-refractivity contribution in [3.63, 3.8) is 0 Å². The Kier molecular flexibility index (Phi) is 12.6. The maximum atomic E-state index is 12.9. The summed E-state index contributed by atoms with van der Waals surface area (Å²) in [5.41, 5.74) is 6.20. The largest absolute Gasteiger partial charge is 0.416 e. The van der Waals surface area contributed by atoms with Gasteiger partial charge in [-0.15, -0.1) is 11.8 Å². The molecule has 0 saturated carbocycles. The molecular formula is C48H32Cl2F6N4O6S2. The SMILES string of the molecule is O=C1CC(c2ccc(N3CCS(=O)(=O)c4cc(-c5ccc(C(F)(F)F)cc5)ccc43)cc2Cl)=NO1.O=C1CC(c2ccc(N3CCSc4cc(-c5ccc(C(F)(F)F)cc5)ccc43)cc2Cl)=NO1. The minimum Gasteiger partial charge on any atom is -0.340 e. The molecule has 0 amide bonds. The molecule has 10 rings (SSSR count). The van der Waals surface area contributed by atoms with Crippen LogP contribution in [0.4, 0.5) is 49.1 Å². The van der Waals surface area contributed by atoms with Gasteiger partial charge in [0.05, 0.1) is 56.0 Å². The predicted molar refractivity (Wildman–Crippen MR) is 248 cm³/mol. The summed E-state index contributed by atoms with van der Waals surface area (Å²) in [7, 11) is -3.61. The molecule has 0 fully saturated rings. The van der Waals surface area contributed by atoms with E-state index in [0.29, 0.717) is 55.1 Å². The van der Waals surface area contributed by atoms with E-state index in [-0.39, 0.29) is 30.0 Å². The number of hydrogen-bond acceptors (Lipinski definition) is 11. The van der Waals surface area contributed by atoms with Crippen molar-refractivity contribution in [2.45, 2.75) is 35.0 Å². The van der Waals surface area contributed by atoms with Gasteiger partial charge >= 0.3 is 24.3 Å². The molecule has 348 valence electrons. The highest BCUT2D eigenvalue weighted by Crippen LogP contribution is 2.44. The van der Waals surface area contributed by atoms with Crippen LogP contribution in [0.5, 0.6) is 0 Å². The number of fused-ring (bicyclic) bond motifs is 2. The van der Waals surface area contributed by atoms with E-state index in [1.807, 2.05) is 36.4 Å². The van der Waals surface area contributed by atoms with Crippen LogP contribution in [0.2, 0.25) is 10.0 Å². The van der Waals surface area contributed by atoms with E-state index in [4.69, 9.17) is 23.2 Å². The van der Waals surface area contributed by atoms with Gasteiger partial charge in [-0.1, -0.05) is 69.9 Å². The first-order valence-electron chi connectivity index (χ1n) is 20.5. The number of benzene rings is 6. The Morgan fingerprint density at radius 1 is 0.559 bits per heavy atom. The molecular weight excluding hydrogens is 978 g/mol. The van der Waals surface area contributed by atoms with Crippen molar-refractivity contribution in [2.24, 2.45) is 10.3 Å². The normalized spacial score (nSPS) is 16.5. The molecule has 0 unspecified atom stereocenters. The van der Waals surface area contributed by atoms with Gasteiger partial charge < -0.3 is 19.5 Å². The van der Waals surface area contributed by atoms with E-state index in [0.717, 1.165) is 64.0 Å². The van der Waals surface area contributed by atoms with Crippen LogP contribution in [0.3, 0.4) is 0 Å². The molecule has 20 heteroatoms. The summed E-state index contributed by atoms with van der Waals surface area (Å²) in [6, 6.07) is 31.1. The Hall–Kier alpha value is -6.34. The van der Waals surface area contributed by atoms with E-state index in [1.54, 1.807) is 47.0 Å². The van der Waals surface area contributed by atoms with Crippen molar-refractivity contribution >= 4 is 90.9 Å². The molecule has 68 heavy (non-hydrogen) atoms. The zero-order valence-corrected chi connectivity index (χ0v) is 38.0. The van der Waals surface area contributed by atoms with Crippen molar-refractivity contribution in [1.82, 2.24) is 0 Å². The predicted octanol–water partition coefficient (Wildman–Crippen LogP) is 12.5. The third-order valence-corrected chi connectivity index (χ3v) is 14.7. The lowest BCUT2D eigenvalue weighted by Crippen LogP contribution is -2.31. The lowest BCUT2D eigenvalue weighted by Gasteiger charge is -2.31. The molecule has 0 spiro atoms. The number of halogens is 8. The highest BCUT2D eigenvalue weighted by atomic mass is 35.5. The monoisotopic (exact) mass is 1010 g/mol. The molecule has 10 nitrogen and oxygen atoms in total. The van der Waals surface area contributed by atoms with Gasteiger partial charge in [0.15, 0.2) is 9.84 Å². The number of oxime groups is 2. The van der Waals surface area contributed by atoms with Crippen LogP contribution in [0.15, 0.2) is 141 Å². The second-order valence-corrected chi connectivity index (χ2v) is 19.7. The quantitative estimate of drug-likeness (QED) is 0.119. The Bertz CT molecular complexity index is 3190. The molecule has 6 aromatic carbocycles. The average molecular weight is 1010 g/mol. The summed E-state index contributed by atoms with van der Waals surface area (Å²) in [4.78, 5) is 37.0. The van der Waals surface area contributed by atoms with Crippen LogP contribution in [0, 0.1) is 0 Å². The van der Waals surface area contributed by atoms with Gasteiger partial charge in [-0.3, -0.25) is 0 Å². The van der Waals surface area contributed by atoms with Crippen LogP contribution >= 0.6 is 35.0 Å². The van der Waals surface area contributed by atoms with Crippen LogP contribution in [-0.4, -0.2) is 56.4 Å². The highest BCUT2D eigenvalue weighted by Gasteiger charge is 2.33. The topological polar surface area (TPSA) is 118 Å². The second-order valence-electron chi connectivity index (χ2n) is 15.7. The molecule has 0 bridgehead atoms. The van der Waals surface area contributed by atoms with E-state index in [9.17, 15) is 44.3 Å². The van der Waals surface area contributed by atoms with E-state index < -0.39 is 45.3 Å². The van der Waals surface area contributed by atoms with Crippen LogP contribution in [0.1, 0.15) is 35.1 Å². The van der Waals surface area contributed by atoms with Gasteiger partial charge in [-0.05, 0) is 107 Å². The Labute approximate surface area is 398 Å². The average Bonchev–Trinajstić information content (AvgIpc) is 3.95. The van der Waals surface area contributed by atoms with Crippen molar-refractivity contribution in [2.75, 3.05) is 34.4 Å². The van der Waals surface area contributed by atoms with Crippen molar-refractivity contribution < 1.29 is 54.0 Å². The summed E-state index contributed by atoms with van der Waals surface area (Å²) < 4.78 is 103. The lowest BCUT2D eigenvalue weighted by atomic mass is 10.0. The molecule has 0 aliphatic carbocycles. The first-order valence-corrected chi connectivity index (χ1v) is 23.9. The van der Waals surface area contributed by atoms with Crippen molar-refractivity contribution in [3.8, 4) is 22.3 Å². The van der Waals surface area contributed by atoms with Crippen LogP contribution < -0.4 is 9.80 Å². The molecule has 0 atom stereocenters. The van der Waals surface area contributed by atoms with Crippen molar-refractivity contribution in [3.05, 3.63) is 154 Å². The van der Waals surface area contributed by atoms with E-state index in [1.165, 1.54) is 30.3 Å². The number of sulfone groups is 1. The van der Waals surface area contributed by atoms with Gasteiger partial charge in [0.25, 0.3) is 0 Å². The maximum Gasteiger partial charge on any atom is 0.416 e. The number of hydrogen-bond donors (Lipinski definition) is 0. The molecule has 4 aliphatic rings. The van der Waals surface area contributed by atoms with E-state index >= 15 is 0 Å². The molecule has 4 heterocycles. The van der Waals surface area contributed by atoms with Gasteiger partial charge in [-0.25, -0.2) is 18.0 Å². The Balaban J connectivity index is 0.000000170. The first kappa shape index (κ1) is 46.8. The maximum absolute atomic E-state index is 12.9. The zero-order valence-electron chi connectivity index (χ0n) is 34.9. The fourth-order valence-electron chi connectivity index (χ4n) is 7.96. The number of nitrogens with zero attached hydrogens (tertiary/aromatic N) is 4. The summed E-state index contributed by atoms with van der Waals surface area (Å²) in [6.45, 7) is 0.961. The van der Waals surface area contributed by atoms with Crippen molar-refractivity contribution in [1.29, 1.82) is 0 Å². The molecule has 0 N–H and O–H groups in total. The van der Waals surface area contributed by atoms with Crippen LogP contribution in [-0.2, 0) is 41.5 Å². The summed E-state index contributed by atoms with van der Waals surface area (Å²) >= 11 is 14.6. The minimum atomic E-state index is -4.46. The third-order valence-electron chi connectivity index (χ3n) is 11.4. The number of carbonyl (C=O) groups excluding carboxylic acids is 2. The summed E-state index contributed by atoms with van der Waals surface area (Å²) in [5.74, 6) is -0.182. The summed E-state index contributed by atoms with van der Waals surface area (Å²) in [5, 5.41) is 8.32. The summed E-state index contributed by atoms with van der Waals surface area (Å²) in [6.07, 6.45) is -8.71. The minimum absolute atomic E-state index is 0.0105. The fourth-order valence-corrected chi connectivity index (χ4v) is 11.0. The number of anilines is 4.